The molecule has 0 fully saturated rings. The lowest BCUT2D eigenvalue weighted by Crippen LogP contribution is -2.07. The second-order valence-electron chi connectivity index (χ2n) is 5.77. The van der Waals surface area contributed by atoms with Crippen LogP contribution in [0.5, 0.6) is 0 Å². The van der Waals surface area contributed by atoms with E-state index >= 15 is 0 Å². The van der Waals surface area contributed by atoms with Gasteiger partial charge in [0.1, 0.15) is 0 Å². The molecule has 0 aromatic heterocycles. The van der Waals surface area contributed by atoms with Crippen molar-refractivity contribution in [2.75, 3.05) is 5.73 Å². The number of halogens is 2. The Morgan fingerprint density at radius 1 is 0.885 bits per heavy atom. The molecule has 3 aromatic carbocycles. The van der Waals surface area contributed by atoms with Crippen LogP contribution in [-0.4, -0.2) is 5.78 Å². The normalized spacial score (nSPS) is 11.9. The van der Waals surface area contributed by atoms with Crippen LogP contribution in [0.15, 0.2) is 77.7 Å². The third kappa shape index (κ3) is 4.42. The molecule has 5 heteroatoms. The minimum Gasteiger partial charge on any atom is -0.398 e. The summed E-state index contributed by atoms with van der Waals surface area (Å²) in [7, 11) is 0. The number of benzene rings is 3. The molecule has 0 unspecified atom stereocenters. The largest absolute Gasteiger partial charge is 0.398 e. The fourth-order valence-corrected chi connectivity index (χ4v) is 4.74. The van der Waals surface area contributed by atoms with Crippen molar-refractivity contribution in [3.63, 3.8) is 0 Å². The Kier molecular flexibility index (Phi) is 6.25. The summed E-state index contributed by atoms with van der Waals surface area (Å²) in [6.45, 7) is 0. The van der Waals surface area contributed by atoms with Crippen LogP contribution in [0.3, 0.4) is 0 Å². The van der Waals surface area contributed by atoms with Crippen LogP contribution in [0.1, 0.15) is 27.6 Å². The highest BCUT2D eigenvalue weighted by molar-refractivity contribution is 7.99. The predicted octanol–water partition coefficient (Wildman–Crippen LogP) is 6.68. The van der Waals surface area contributed by atoms with Gasteiger partial charge in [-0.05, 0) is 24.3 Å². The van der Waals surface area contributed by atoms with Crippen LogP contribution in [0.25, 0.3) is 0 Å². The highest BCUT2D eigenvalue weighted by Gasteiger charge is 2.23. The number of Topliss-reactive ketones (excluding diaryl/α,β-unsaturated/α-hetero) is 1. The SMILES string of the molecule is Nc1ccccc1S[C@H](CC(=O)c1ccccc1)c1c(Cl)cccc1Cl. The van der Waals surface area contributed by atoms with Gasteiger partial charge in [-0.3, -0.25) is 4.79 Å². The van der Waals surface area contributed by atoms with E-state index in [0.717, 1.165) is 10.5 Å². The second-order valence-corrected chi connectivity index (χ2v) is 7.83. The van der Waals surface area contributed by atoms with Crippen LogP contribution in [0, 0.1) is 0 Å². The van der Waals surface area contributed by atoms with Gasteiger partial charge in [0, 0.05) is 43.4 Å². The summed E-state index contributed by atoms with van der Waals surface area (Å²) in [6, 6.07) is 22.2. The zero-order valence-electron chi connectivity index (χ0n) is 13.9. The van der Waals surface area contributed by atoms with E-state index in [9.17, 15) is 4.79 Å². The van der Waals surface area contributed by atoms with Gasteiger partial charge in [0.25, 0.3) is 0 Å². The van der Waals surface area contributed by atoms with Gasteiger partial charge in [0.2, 0.25) is 0 Å². The van der Waals surface area contributed by atoms with Crippen LogP contribution >= 0.6 is 35.0 Å². The Bertz CT molecular complexity index is 895. The average Bonchev–Trinajstić information content (AvgIpc) is 2.64. The van der Waals surface area contributed by atoms with E-state index in [4.69, 9.17) is 28.9 Å². The van der Waals surface area contributed by atoms with Crippen molar-refractivity contribution in [1.82, 2.24) is 0 Å². The maximum Gasteiger partial charge on any atom is 0.164 e. The molecule has 3 aromatic rings. The van der Waals surface area contributed by atoms with Gasteiger partial charge < -0.3 is 5.73 Å². The fraction of sp³-hybridized carbons (Fsp3) is 0.0952. The molecule has 0 spiro atoms. The third-order valence-electron chi connectivity index (χ3n) is 3.98. The summed E-state index contributed by atoms with van der Waals surface area (Å²) in [5.41, 5.74) is 8.18. The Labute approximate surface area is 167 Å². The molecular weight excluding hydrogens is 385 g/mol. The zero-order valence-corrected chi connectivity index (χ0v) is 16.2. The maximum absolute atomic E-state index is 12.8. The molecule has 2 nitrogen and oxygen atoms in total. The Morgan fingerprint density at radius 2 is 1.50 bits per heavy atom. The molecule has 0 bridgehead atoms. The highest BCUT2D eigenvalue weighted by atomic mass is 35.5. The van der Waals surface area contributed by atoms with E-state index in [1.54, 1.807) is 18.2 Å². The third-order valence-corrected chi connectivity index (χ3v) is 5.95. The monoisotopic (exact) mass is 401 g/mol. The minimum atomic E-state index is -0.242. The number of nitrogen functional groups attached to an aromatic ring is 1. The minimum absolute atomic E-state index is 0.0357. The smallest absolute Gasteiger partial charge is 0.164 e. The zero-order chi connectivity index (χ0) is 18.5. The number of hydrogen-bond donors (Lipinski definition) is 1. The van der Waals surface area contributed by atoms with Crippen molar-refractivity contribution in [3.8, 4) is 0 Å². The van der Waals surface area contributed by atoms with Gasteiger partial charge in [-0.2, -0.15) is 0 Å². The predicted molar refractivity (Wildman–Crippen MR) is 111 cm³/mol. The quantitative estimate of drug-likeness (QED) is 0.284. The fourth-order valence-electron chi connectivity index (χ4n) is 2.67. The topological polar surface area (TPSA) is 43.1 Å². The molecular formula is C21H17Cl2NOS. The van der Waals surface area contributed by atoms with Gasteiger partial charge in [-0.15, -0.1) is 11.8 Å². The Morgan fingerprint density at radius 3 is 2.15 bits per heavy atom. The van der Waals surface area contributed by atoms with Gasteiger partial charge in [0.15, 0.2) is 5.78 Å². The Hall–Kier alpha value is -1.94. The second kappa shape index (κ2) is 8.63. The number of ketones is 1. The summed E-state index contributed by atoms with van der Waals surface area (Å²) in [5.74, 6) is 0.0357. The summed E-state index contributed by atoms with van der Waals surface area (Å²) in [4.78, 5) is 13.7. The van der Waals surface area contributed by atoms with Crippen molar-refractivity contribution in [2.24, 2.45) is 0 Å². The average molecular weight is 402 g/mol. The van der Waals surface area contributed by atoms with E-state index in [-0.39, 0.29) is 17.5 Å². The van der Waals surface area contributed by atoms with Crippen molar-refractivity contribution in [1.29, 1.82) is 0 Å². The van der Waals surface area contributed by atoms with Gasteiger partial charge in [-0.1, -0.05) is 71.7 Å². The Balaban J connectivity index is 1.96. The summed E-state index contributed by atoms with van der Waals surface area (Å²) in [5, 5.41) is 0.851. The molecule has 0 saturated heterocycles. The lowest BCUT2D eigenvalue weighted by molar-refractivity contribution is 0.0982. The molecule has 0 saturated carbocycles. The van der Waals surface area contributed by atoms with Gasteiger partial charge in [-0.25, -0.2) is 0 Å². The lowest BCUT2D eigenvalue weighted by atomic mass is 10.0. The molecule has 0 heterocycles. The van der Waals surface area contributed by atoms with E-state index in [1.165, 1.54) is 11.8 Å². The van der Waals surface area contributed by atoms with E-state index < -0.39 is 0 Å². The van der Waals surface area contributed by atoms with Crippen molar-refractivity contribution in [3.05, 3.63) is 94.0 Å². The van der Waals surface area contributed by atoms with Crippen LogP contribution in [0.2, 0.25) is 10.0 Å². The first-order chi connectivity index (χ1) is 12.6. The van der Waals surface area contributed by atoms with E-state index in [0.29, 0.717) is 21.3 Å². The molecule has 2 N–H and O–H groups in total. The molecule has 1 atom stereocenters. The van der Waals surface area contributed by atoms with Crippen LogP contribution in [-0.2, 0) is 0 Å². The standard InChI is InChI=1S/C21H17Cl2NOS/c22-15-9-6-10-16(23)21(15)20(26-19-12-5-4-11-17(19)24)13-18(25)14-7-2-1-3-8-14/h1-12,20H,13,24H2/t20-/m1/s1. The number of para-hydroxylation sites is 1. The van der Waals surface area contributed by atoms with Gasteiger partial charge in [0.05, 0.1) is 0 Å². The van der Waals surface area contributed by atoms with Crippen molar-refractivity contribution in [2.45, 2.75) is 16.6 Å². The van der Waals surface area contributed by atoms with Crippen LogP contribution in [0.4, 0.5) is 5.69 Å². The summed E-state index contributed by atoms with van der Waals surface area (Å²) >= 11 is 14.3. The first-order valence-corrected chi connectivity index (χ1v) is 9.73. The molecule has 0 aliphatic carbocycles. The summed E-state index contributed by atoms with van der Waals surface area (Å²) in [6.07, 6.45) is 0.270. The first kappa shape index (κ1) is 18.8. The number of carbonyl (C=O) groups is 1. The number of anilines is 1. The van der Waals surface area contributed by atoms with Crippen LogP contribution < -0.4 is 5.73 Å². The number of carbonyl (C=O) groups excluding carboxylic acids is 1. The first-order valence-electron chi connectivity index (χ1n) is 8.09. The number of nitrogens with two attached hydrogens (primary N) is 1. The van der Waals surface area contributed by atoms with E-state index in [1.807, 2.05) is 54.6 Å². The molecule has 0 amide bonds. The number of thioether (sulfide) groups is 1. The lowest BCUT2D eigenvalue weighted by Gasteiger charge is -2.20. The molecule has 0 aliphatic rings. The number of rotatable bonds is 6. The number of hydrogen-bond acceptors (Lipinski definition) is 3. The molecule has 132 valence electrons. The molecule has 0 aliphatic heterocycles. The van der Waals surface area contributed by atoms with Crippen molar-refractivity contribution < 1.29 is 4.79 Å². The highest BCUT2D eigenvalue weighted by Crippen LogP contribution is 2.45. The maximum atomic E-state index is 12.8. The van der Waals surface area contributed by atoms with E-state index in [2.05, 4.69) is 0 Å². The summed E-state index contributed by atoms with van der Waals surface area (Å²) < 4.78 is 0. The molecule has 26 heavy (non-hydrogen) atoms. The molecule has 3 rings (SSSR count). The van der Waals surface area contributed by atoms with Gasteiger partial charge >= 0.3 is 0 Å². The molecule has 0 radical (unpaired) electrons. The van der Waals surface area contributed by atoms with Crippen molar-refractivity contribution >= 4 is 46.4 Å².